The third-order valence-electron chi connectivity index (χ3n) is 5.58. The van der Waals surface area contributed by atoms with Gasteiger partial charge in [0.05, 0.1) is 18.8 Å². The van der Waals surface area contributed by atoms with Crippen molar-refractivity contribution < 1.29 is 4.79 Å². The molecule has 6 heteroatoms. The lowest BCUT2D eigenvalue weighted by molar-refractivity contribution is -0.122. The van der Waals surface area contributed by atoms with Gasteiger partial charge in [0.25, 0.3) is 0 Å². The largest absolute Gasteiger partial charge is 0.351 e. The van der Waals surface area contributed by atoms with Gasteiger partial charge in [0.1, 0.15) is 0 Å². The Kier molecular flexibility index (Phi) is 7.29. The van der Waals surface area contributed by atoms with E-state index in [0.29, 0.717) is 18.1 Å². The predicted octanol–water partition coefficient (Wildman–Crippen LogP) is 4.51. The molecular weight excluding hydrogens is 396 g/mol. The van der Waals surface area contributed by atoms with E-state index in [1.54, 1.807) is 0 Å². The molecule has 5 nitrogen and oxygen atoms in total. The summed E-state index contributed by atoms with van der Waals surface area (Å²) in [4.78, 5) is 14.6. The number of nitrogens with one attached hydrogen (secondary N) is 1. The number of hydrogen-bond donors (Lipinski definition) is 1. The SMILES string of the molecule is Cc1nn(Cc2ccccc2)c(C)c1CNC(=O)CN(C)C(C)c1ccccc1Cl. The summed E-state index contributed by atoms with van der Waals surface area (Å²) in [6.45, 7) is 7.58. The second-order valence-electron chi connectivity index (χ2n) is 7.68. The first-order valence-electron chi connectivity index (χ1n) is 10.1. The smallest absolute Gasteiger partial charge is 0.234 e. The minimum Gasteiger partial charge on any atom is -0.351 e. The molecule has 1 N–H and O–H groups in total. The number of carbonyl (C=O) groups excluding carboxylic acids is 1. The van der Waals surface area contributed by atoms with Crippen LogP contribution in [0, 0.1) is 13.8 Å². The molecule has 30 heavy (non-hydrogen) atoms. The third kappa shape index (κ3) is 5.29. The Balaban J connectivity index is 1.59. The number of carbonyl (C=O) groups is 1. The fourth-order valence-electron chi connectivity index (χ4n) is 3.56. The van der Waals surface area contributed by atoms with E-state index in [4.69, 9.17) is 11.6 Å². The van der Waals surface area contributed by atoms with E-state index in [0.717, 1.165) is 29.1 Å². The first-order chi connectivity index (χ1) is 14.4. The second kappa shape index (κ2) is 9.92. The van der Waals surface area contributed by atoms with Crippen molar-refractivity contribution >= 4 is 17.5 Å². The summed E-state index contributed by atoms with van der Waals surface area (Å²) in [6.07, 6.45) is 0. The van der Waals surface area contributed by atoms with Crippen LogP contribution in [-0.2, 0) is 17.9 Å². The van der Waals surface area contributed by atoms with Crippen LogP contribution >= 0.6 is 11.6 Å². The van der Waals surface area contributed by atoms with Gasteiger partial charge in [0, 0.05) is 28.9 Å². The fraction of sp³-hybridized carbons (Fsp3) is 0.333. The molecule has 0 radical (unpaired) electrons. The van der Waals surface area contributed by atoms with Gasteiger partial charge in [-0.05, 0) is 45.0 Å². The van der Waals surface area contributed by atoms with Gasteiger partial charge in [-0.3, -0.25) is 14.4 Å². The molecule has 158 valence electrons. The Morgan fingerprint density at radius 1 is 1.13 bits per heavy atom. The zero-order valence-corrected chi connectivity index (χ0v) is 18.8. The Bertz CT molecular complexity index is 1000. The van der Waals surface area contributed by atoms with Crippen LogP contribution in [0.15, 0.2) is 54.6 Å². The Hall–Kier alpha value is -2.63. The van der Waals surface area contributed by atoms with Gasteiger partial charge in [-0.15, -0.1) is 0 Å². The zero-order valence-electron chi connectivity index (χ0n) is 18.0. The highest BCUT2D eigenvalue weighted by atomic mass is 35.5. The first kappa shape index (κ1) is 22.1. The van der Waals surface area contributed by atoms with E-state index in [1.165, 1.54) is 5.56 Å². The molecule has 3 aromatic rings. The molecule has 3 rings (SSSR count). The summed E-state index contributed by atoms with van der Waals surface area (Å²) in [5, 5.41) is 8.42. The summed E-state index contributed by atoms with van der Waals surface area (Å²) in [6, 6.07) is 18.0. The van der Waals surface area contributed by atoms with E-state index in [1.807, 2.05) is 66.0 Å². The van der Waals surface area contributed by atoms with Crippen LogP contribution in [0.25, 0.3) is 0 Å². The lowest BCUT2D eigenvalue weighted by atomic mass is 10.1. The maximum absolute atomic E-state index is 12.6. The number of amides is 1. The summed E-state index contributed by atoms with van der Waals surface area (Å²) >= 11 is 6.30. The second-order valence-corrected chi connectivity index (χ2v) is 8.09. The van der Waals surface area contributed by atoms with Gasteiger partial charge in [0.2, 0.25) is 5.91 Å². The number of aryl methyl sites for hydroxylation is 1. The van der Waals surface area contributed by atoms with Crippen molar-refractivity contribution in [1.29, 1.82) is 0 Å². The molecule has 1 amide bonds. The Morgan fingerprint density at radius 3 is 2.50 bits per heavy atom. The number of likely N-dealkylation sites (N-methyl/N-ethyl adjacent to an activating group) is 1. The van der Waals surface area contributed by atoms with Crippen LogP contribution in [0.4, 0.5) is 0 Å². The Labute approximate surface area is 183 Å². The molecule has 1 atom stereocenters. The number of halogens is 1. The number of hydrogen-bond acceptors (Lipinski definition) is 3. The molecule has 1 unspecified atom stereocenters. The van der Waals surface area contributed by atoms with Gasteiger partial charge in [0.15, 0.2) is 0 Å². The highest BCUT2D eigenvalue weighted by Gasteiger charge is 2.18. The van der Waals surface area contributed by atoms with Gasteiger partial charge in [-0.2, -0.15) is 5.10 Å². The van der Waals surface area contributed by atoms with E-state index in [2.05, 4.69) is 36.4 Å². The van der Waals surface area contributed by atoms with Crippen LogP contribution < -0.4 is 5.32 Å². The van der Waals surface area contributed by atoms with E-state index in [-0.39, 0.29) is 11.9 Å². The van der Waals surface area contributed by atoms with Crippen molar-refractivity contribution in [3.8, 4) is 0 Å². The molecule has 0 aliphatic carbocycles. The number of nitrogens with zero attached hydrogens (tertiary/aromatic N) is 3. The number of benzene rings is 2. The van der Waals surface area contributed by atoms with Crippen molar-refractivity contribution in [1.82, 2.24) is 20.0 Å². The molecule has 1 aromatic heterocycles. The molecule has 0 bridgehead atoms. The average molecular weight is 425 g/mol. The molecule has 0 aliphatic rings. The molecule has 0 saturated carbocycles. The highest BCUT2D eigenvalue weighted by Crippen LogP contribution is 2.25. The van der Waals surface area contributed by atoms with Crippen LogP contribution in [0.3, 0.4) is 0 Å². The zero-order chi connectivity index (χ0) is 21.7. The summed E-state index contributed by atoms with van der Waals surface area (Å²) in [5.41, 5.74) is 5.31. The monoisotopic (exact) mass is 424 g/mol. The standard InChI is InChI=1S/C24H29ClN4O/c1-17-22(19(3)29(27-17)15-20-10-6-5-7-11-20)14-26-24(30)16-28(4)18(2)21-12-8-9-13-23(21)25/h5-13,18H,14-16H2,1-4H3,(H,26,30). The summed E-state index contributed by atoms with van der Waals surface area (Å²) in [5.74, 6) is -0.0222. The molecule has 0 fully saturated rings. The van der Waals surface area contributed by atoms with Crippen molar-refractivity contribution in [3.05, 3.63) is 87.7 Å². The van der Waals surface area contributed by atoms with Gasteiger partial charge in [-0.25, -0.2) is 0 Å². The molecule has 1 heterocycles. The van der Waals surface area contributed by atoms with E-state index >= 15 is 0 Å². The number of aromatic nitrogens is 2. The topological polar surface area (TPSA) is 50.2 Å². The third-order valence-corrected chi connectivity index (χ3v) is 5.92. The van der Waals surface area contributed by atoms with Crippen LogP contribution in [0.2, 0.25) is 5.02 Å². The molecule has 0 aliphatic heterocycles. The molecule has 2 aromatic carbocycles. The normalized spacial score (nSPS) is 12.2. The minimum absolute atomic E-state index is 0.0222. The van der Waals surface area contributed by atoms with Crippen molar-refractivity contribution in [2.45, 2.75) is 39.9 Å². The van der Waals surface area contributed by atoms with Crippen LogP contribution in [-0.4, -0.2) is 34.2 Å². The van der Waals surface area contributed by atoms with Crippen molar-refractivity contribution in [2.75, 3.05) is 13.6 Å². The maximum atomic E-state index is 12.6. The fourth-order valence-corrected chi connectivity index (χ4v) is 3.85. The average Bonchev–Trinajstić information content (AvgIpc) is 2.99. The van der Waals surface area contributed by atoms with E-state index < -0.39 is 0 Å². The van der Waals surface area contributed by atoms with Crippen molar-refractivity contribution in [3.63, 3.8) is 0 Å². The number of rotatable bonds is 8. The minimum atomic E-state index is -0.0222. The lowest BCUT2D eigenvalue weighted by Gasteiger charge is -2.25. The lowest BCUT2D eigenvalue weighted by Crippen LogP contribution is -2.36. The highest BCUT2D eigenvalue weighted by molar-refractivity contribution is 6.31. The van der Waals surface area contributed by atoms with Gasteiger partial charge < -0.3 is 5.32 Å². The first-order valence-corrected chi connectivity index (χ1v) is 10.5. The van der Waals surface area contributed by atoms with Gasteiger partial charge in [-0.1, -0.05) is 60.1 Å². The van der Waals surface area contributed by atoms with E-state index in [9.17, 15) is 4.79 Å². The summed E-state index contributed by atoms with van der Waals surface area (Å²) in [7, 11) is 1.93. The van der Waals surface area contributed by atoms with Crippen LogP contribution in [0.1, 0.15) is 41.0 Å². The molecular formula is C24H29ClN4O. The molecule has 0 spiro atoms. The Morgan fingerprint density at radius 2 is 1.80 bits per heavy atom. The maximum Gasteiger partial charge on any atom is 0.234 e. The summed E-state index contributed by atoms with van der Waals surface area (Å²) < 4.78 is 2.00. The molecule has 0 saturated heterocycles. The predicted molar refractivity (Wildman–Crippen MR) is 122 cm³/mol. The van der Waals surface area contributed by atoms with Crippen molar-refractivity contribution in [2.24, 2.45) is 0 Å². The van der Waals surface area contributed by atoms with Crippen LogP contribution in [0.5, 0.6) is 0 Å². The quantitative estimate of drug-likeness (QED) is 0.578. The van der Waals surface area contributed by atoms with Gasteiger partial charge >= 0.3 is 0 Å².